The lowest BCUT2D eigenvalue weighted by Gasteiger charge is -2.22. The van der Waals surface area contributed by atoms with Crippen molar-refractivity contribution in [2.45, 2.75) is 19.8 Å². The fourth-order valence-electron chi connectivity index (χ4n) is 4.37. The van der Waals surface area contributed by atoms with E-state index in [-0.39, 0.29) is 11.7 Å². The van der Waals surface area contributed by atoms with Crippen molar-refractivity contribution in [3.63, 3.8) is 0 Å². The third-order valence-corrected chi connectivity index (χ3v) is 6.01. The molecule has 31 heavy (non-hydrogen) atoms. The molecule has 0 unspecified atom stereocenters. The van der Waals surface area contributed by atoms with Gasteiger partial charge >= 0.3 is 0 Å². The van der Waals surface area contributed by atoms with Gasteiger partial charge in [0.25, 0.3) is 5.91 Å². The summed E-state index contributed by atoms with van der Waals surface area (Å²) in [6.07, 6.45) is 2.20. The van der Waals surface area contributed by atoms with Crippen molar-refractivity contribution >= 4 is 44.9 Å². The van der Waals surface area contributed by atoms with Crippen LogP contribution >= 0.6 is 0 Å². The van der Waals surface area contributed by atoms with E-state index in [1.165, 1.54) is 0 Å². The number of aryl methyl sites for hydroxylation is 1. The van der Waals surface area contributed by atoms with Crippen molar-refractivity contribution in [2.24, 2.45) is 5.73 Å². The molecule has 2 heterocycles. The standard InChI is InChI=1S/C25H23N3O3/c1-15-18-10-8-16-6-2-3-7-19(16)23(18)31-22(15)25(30)27-20-14-17(24(26)29)9-11-21(20)28-12-4-5-13-28/h2-3,6-11,14H,4-5,12-13H2,1H3,(H2,26,29)(H,27,30). The Kier molecular flexibility index (Phi) is 4.62. The van der Waals surface area contributed by atoms with Gasteiger partial charge in [-0.05, 0) is 43.4 Å². The summed E-state index contributed by atoms with van der Waals surface area (Å²) in [6.45, 7) is 3.71. The van der Waals surface area contributed by atoms with Crippen LogP contribution in [0.25, 0.3) is 21.7 Å². The number of anilines is 2. The molecule has 0 radical (unpaired) electrons. The first-order valence-corrected chi connectivity index (χ1v) is 10.4. The first-order chi connectivity index (χ1) is 15.0. The monoisotopic (exact) mass is 413 g/mol. The second-order valence-electron chi connectivity index (χ2n) is 7.96. The number of amides is 2. The van der Waals surface area contributed by atoms with Crippen LogP contribution in [0, 0.1) is 6.92 Å². The lowest BCUT2D eigenvalue weighted by Crippen LogP contribution is -2.22. The SMILES string of the molecule is Cc1c(C(=O)Nc2cc(C(N)=O)ccc2N2CCCC2)oc2c1ccc1ccccc12. The molecule has 1 saturated heterocycles. The molecule has 1 aliphatic rings. The average molecular weight is 413 g/mol. The molecule has 1 aromatic heterocycles. The second kappa shape index (κ2) is 7.47. The zero-order valence-corrected chi connectivity index (χ0v) is 17.3. The summed E-state index contributed by atoms with van der Waals surface area (Å²) in [4.78, 5) is 27.2. The van der Waals surface area contributed by atoms with E-state index in [4.69, 9.17) is 10.2 Å². The van der Waals surface area contributed by atoms with E-state index >= 15 is 0 Å². The van der Waals surface area contributed by atoms with Gasteiger partial charge in [-0.2, -0.15) is 0 Å². The minimum absolute atomic E-state index is 0.267. The number of rotatable bonds is 4. The lowest BCUT2D eigenvalue weighted by atomic mass is 10.1. The molecule has 6 nitrogen and oxygen atoms in total. The highest BCUT2D eigenvalue weighted by Crippen LogP contribution is 2.34. The third kappa shape index (κ3) is 3.30. The third-order valence-electron chi connectivity index (χ3n) is 6.01. The van der Waals surface area contributed by atoms with Crippen LogP contribution in [-0.4, -0.2) is 24.9 Å². The lowest BCUT2D eigenvalue weighted by molar-refractivity contribution is 0.0989. The topological polar surface area (TPSA) is 88.6 Å². The quantitative estimate of drug-likeness (QED) is 0.501. The van der Waals surface area contributed by atoms with E-state index in [0.717, 1.165) is 53.3 Å². The minimum Gasteiger partial charge on any atom is -0.450 e. The van der Waals surface area contributed by atoms with Gasteiger partial charge in [0.1, 0.15) is 5.58 Å². The molecule has 5 rings (SSSR count). The molecule has 0 atom stereocenters. The fourth-order valence-corrected chi connectivity index (χ4v) is 4.37. The molecule has 6 heteroatoms. The maximum absolute atomic E-state index is 13.2. The maximum Gasteiger partial charge on any atom is 0.291 e. The molecule has 0 saturated carbocycles. The van der Waals surface area contributed by atoms with Crippen molar-refractivity contribution in [3.8, 4) is 0 Å². The van der Waals surface area contributed by atoms with Gasteiger partial charge in [0.05, 0.1) is 11.4 Å². The molecule has 0 aliphatic carbocycles. The largest absolute Gasteiger partial charge is 0.450 e. The molecule has 0 spiro atoms. The van der Waals surface area contributed by atoms with E-state index in [2.05, 4.69) is 10.2 Å². The molecule has 156 valence electrons. The second-order valence-corrected chi connectivity index (χ2v) is 7.96. The summed E-state index contributed by atoms with van der Waals surface area (Å²) < 4.78 is 6.07. The highest BCUT2D eigenvalue weighted by molar-refractivity contribution is 6.12. The molecule has 3 N–H and O–H groups in total. The molecule has 2 amide bonds. The van der Waals surface area contributed by atoms with Gasteiger partial charge in [-0.3, -0.25) is 9.59 Å². The van der Waals surface area contributed by atoms with Crippen LogP contribution in [0.3, 0.4) is 0 Å². The molecule has 4 aromatic rings. The van der Waals surface area contributed by atoms with Crippen molar-refractivity contribution in [1.82, 2.24) is 0 Å². The number of primary amides is 1. The number of nitrogens with two attached hydrogens (primary N) is 1. The number of nitrogens with one attached hydrogen (secondary N) is 1. The van der Waals surface area contributed by atoms with Crippen LogP contribution in [0.15, 0.2) is 59.0 Å². The number of benzene rings is 3. The van der Waals surface area contributed by atoms with E-state index in [0.29, 0.717) is 16.8 Å². The van der Waals surface area contributed by atoms with Crippen LogP contribution in [0.1, 0.15) is 39.3 Å². The Balaban J connectivity index is 1.56. The Morgan fingerprint density at radius 2 is 1.77 bits per heavy atom. The Bertz CT molecular complexity index is 1330. The molecular formula is C25H23N3O3. The van der Waals surface area contributed by atoms with Crippen molar-refractivity contribution < 1.29 is 14.0 Å². The van der Waals surface area contributed by atoms with Crippen molar-refractivity contribution in [2.75, 3.05) is 23.3 Å². The highest BCUT2D eigenvalue weighted by Gasteiger charge is 2.23. The molecule has 0 bridgehead atoms. The Hall–Kier alpha value is -3.80. The first kappa shape index (κ1) is 19.2. The Labute approximate surface area is 179 Å². The summed E-state index contributed by atoms with van der Waals surface area (Å²) in [5.74, 6) is -0.613. The average Bonchev–Trinajstić information content (AvgIpc) is 3.42. The smallest absolute Gasteiger partial charge is 0.291 e. The minimum atomic E-state index is -0.533. The Morgan fingerprint density at radius 3 is 2.55 bits per heavy atom. The summed E-state index contributed by atoms with van der Waals surface area (Å²) in [7, 11) is 0. The van der Waals surface area contributed by atoms with E-state index < -0.39 is 5.91 Å². The number of fused-ring (bicyclic) bond motifs is 3. The van der Waals surface area contributed by atoms with Gasteiger partial charge < -0.3 is 20.4 Å². The number of carbonyl (C=O) groups is 2. The fraction of sp³-hybridized carbons (Fsp3) is 0.200. The number of hydrogen-bond acceptors (Lipinski definition) is 4. The number of furan rings is 1. The van der Waals surface area contributed by atoms with Crippen LogP contribution in [0.5, 0.6) is 0 Å². The van der Waals surface area contributed by atoms with Crippen LogP contribution in [0.4, 0.5) is 11.4 Å². The molecule has 3 aromatic carbocycles. The Morgan fingerprint density at radius 1 is 1.00 bits per heavy atom. The van der Waals surface area contributed by atoms with Gasteiger partial charge in [0, 0.05) is 35.0 Å². The van der Waals surface area contributed by atoms with Gasteiger partial charge in [-0.25, -0.2) is 0 Å². The van der Waals surface area contributed by atoms with E-state index in [9.17, 15) is 9.59 Å². The van der Waals surface area contributed by atoms with Gasteiger partial charge in [-0.15, -0.1) is 0 Å². The summed E-state index contributed by atoms with van der Waals surface area (Å²) in [5.41, 5.74) is 8.76. The molecule has 1 fully saturated rings. The zero-order chi connectivity index (χ0) is 21.5. The summed E-state index contributed by atoms with van der Waals surface area (Å²) in [6, 6.07) is 17.1. The van der Waals surface area contributed by atoms with Crippen molar-refractivity contribution in [3.05, 3.63) is 71.5 Å². The van der Waals surface area contributed by atoms with Gasteiger partial charge in [0.15, 0.2) is 5.76 Å². The first-order valence-electron chi connectivity index (χ1n) is 10.4. The maximum atomic E-state index is 13.2. The predicted molar refractivity (Wildman–Crippen MR) is 123 cm³/mol. The van der Waals surface area contributed by atoms with Gasteiger partial charge in [-0.1, -0.05) is 36.4 Å². The van der Waals surface area contributed by atoms with Crippen LogP contribution in [0.2, 0.25) is 0 Å². The number of hydrogen-bond donors (Lipinski definition) is 2. The van der Waals surface area contributed by atoms with E-state index in [1.807, 2.05) is 49.4 Å². The molecular weight excluding hydrogens is 390 g/mol. The summed E-state index contributed by atoms with van der Waals surface area (Å²) in [5, 5.41) is 5.90. The zero-order valence-electron chi connectivity index (χ0n) is 17.3. The molecule has 1 aliphatic heterocycles. The number of carbonyl (C=O) groups excluding carboxylic acids is 2. The van der Waals surface area contributed by atoms with Crippen LogP contribution < -0.4 is 16.0 Å². The van der Waals surface area contributed by atoms with Crippen LogP contribution in [-0.2, 0) is 0 Å². The normalized spacial score (nSPS) is 13.8. The van der Waals surface area contributed by atoms with Crippen molar-refractivity contribution in [1.29, 1.82) is 0 Å². The van der Waals surface area contributed by atoms with Gasteiger partial charge in [0.2, 0.25) is 5.91 Å². The number of nitrogens with zero attached hydrogens (tertiary/aromatic N) is 1. The highest BCUT2D eigenvalue weighted by atomic mass is 16.3. The van der Waals surface area contributed by atoms with E-state index in [1.54, 1.807) is 12.1 Å². The predicted octanol–water partition coefficient (Wildman–Crippen LogP) is 4.85. The summed E-state index contributed by atoms with van der Waals surface area (Å²) >= 11 is 0.